The van der Waals surface area contributed by atoms with Crippen LogP contribution in [0.25, 0.3) is 0 Å². The van der Waals surface area contributed by atoms with Gasteiger partial charge in [-0.2, -0.15) is 10.1 Å². The van der Waals surface area contributed by atoms with Crippen molar-refractivity contribution in [3.63, 3.8) is 0 Å². The van der Waals surface area contributed by atoms with E-state index in [4.69, 9.17) is 11.6 Å². The highest BCUT2D eigenvalue weighted by atomic mass is 35.5. The molecule has 0 spiro atoms. The number of aromatic nitrogens is 4. The third-order valence-corrected chi connectivity index (χ3v) is 5.63. The van der Waals surface area contributed by atoms with Crippen molar-refractivity contribution in [2.45, 2.75) is 39.5 Å². The molecule has 1 saturated heterocycles. The van der Waals surface area contributed by atoms with Crippen molar-refractivity contribution in [2.75, 3.05) is 17.2 Å². The van der Waals surface area contributed by atoms with Gasteiger partial charge in [-0.05, 0) is 62.3 Å². The van der Waals surface area contributed by atoms with Crippen LogP contribution >= 0.6 is 11.6 Å². The highest BCUT2D eigenvalue weighted by Crippen LogP contribution is 2.34. The maximum absolute atomic E-state index is 6.27. The largest absolute Gasteiger partial charge is 0.389 e. The van der Waals surface area contributed by atoms with E-state index < -0.39 is 0 Å². The molecule has 3 heterocycles. The first kappa shape index (κ1) is 20.2. The van der Waals surface area contributed by atoms with Crippen molar-refractivity contribution in [2.24, 2.45) is 0 Å². The Morgan fingerprint density at radius 1 is 1.13 bits per heavy atom. The summed E-state index contributed by atoms with van der Waals surface area (Å²) < 4.78 is 0. The fourth-order valence-electron chi connectivity index (χ4n) is 3.81. The number of nitrogens with zero attached hydrogens (tertiary/aromatic N) is 3. The number of hydrogen-bond acceptors (Lipinski definition) is 6. The zero-order valence-electron chi connectivity index (χ0n) is 17.4. The quantitative estimate of drug-likeness (QED) is 0.448. The van der Waals surface area contributed by atoms with Gasteiger partial charge in [-0.25, -0.2) is 4.98 Å². The van der Waals surface area contributed by atoms with Gasteiger partial charge in [0.25, 0.3) is 0 Å². The highest BCUT2D eigenvalue weighted by molar-refractivity contribution is 6.32. The fourth-order valence-corrected chi connectivity index (χ4v) is 3.95. The first-order valence-corrected chi connectivity index (χ1v) is 10.4. The lowest BCUT2D eigenvalue weighted by Gasteiger charge is -2.27. The Morgan fingerprint density at radius 3 is 2.70 bits per heavy atom. The van der Waals surface area contributed by atoms with E-state index in [-0.39, 0.29) is 0 Å². The first-order chi connectivity index (χ1) is 14.4. The first-order valence-electron chi connectivity index (χ1n) is 10.0. The van der Waals surface area contributed by atoms with Crippen LogP contribution in [0.2, 0.25) is 5.02 Å². The summed E-state index contributed by atoms with van der Waals surface area (Å²) in [5.41, 5.74) is 6.83. The number of rotatable bonds is 5. The Balaban J connectivity index is 1.56. The van der Waals surface area contributed by atoms with Crippen molar-refractivity contribution in [3.8, 4) is 0 Å². The van der Waals surface area contributed by atoms with Crippen LogP contribution in [0.4, 0.5) is 23.3 Å². The number of allylic oxidation sites excluding steroid dienone is 1. The Kier molecular flexibility index (Phi) is 5.63. The van der Waals surface area contributed by atoms with Gasteiger partial charge in [0, 0.05) is 29.7 Å². The minimum absolute atomic E-state index is 0.426. The summed E-state index contributed by atoms with van der Waals surface area (Å²) in [4.78, 5) is 8.86. The van der Waals surface area contributed by atoms with Gasteiger partial charge >= 0.3 is 0 Å². The molecule has 0 amide bonds. The average Bonchev–Trinajstić information content (AvgIpc) is 3.11. The predicted molar refractivity (Wildman–Crippen MR) is 122 cm³/mol. The van der Waals surface area contributed by atoms with Crippen LogP contribution in [0.15, 0.2) is 36.7 Å². The van der Waals surface area contributed by atoms with Gasteiger partial charge in [0.05, 0.1) is 6.20 Å². The summed E-state index contributed by atoms with van der Waals surface area (Å²) in [7, 11) is 0. The molecule has 1 aliphatic rings. The molecule has 4 rings (SSSR count). The zero-order chi connectivity index (χ0) is 21.3. The molecule has 7 nitrogen and oxygen atoms in total. The third-order valence-electron chi connectivity index (χ3n) is 5.36. The maximum Gasteiger partial charge on any atom is 0.229 e. The molecule has 0 bridgehead atoms. The Morgan fingerprint density at radius 2 is 1.97 bits per heavy atom. The van der Waals surface area contributed by atoms with Gasteiger partial charge < -0.3 is 16.0 Å². The van der Waals surface area contributed by atoms with E-state index in [0.29, 0.717) is 28.5 Å². The minimum Gasteiger partial charge on any atom is -0.389 e. The van der Waals surface area contributed by atoms with Crippen LogP contribution in [0.1, 0.15) is 41.1 Å². The van der Waals surface area contributed by atoms with Crippen molar-refractivity contribution < 1.29 is 0 Å². The van der Waals surface area contributed by atoms with E-state index in [1.165, 1.54) is 11.1 Å². The zero-order valence-corrected chi connectivity index (χ0v) is 18.2. The molecule has 1 fully saturated rings. The number of benzene rings is 1. The van der Waals surface area contributed by atoms with Gasteiger partial charge in [0.15, 0.2) is 11.6 Å². The SMILES string of the molecule is C=C1CC(c2cc(C)c(Nc3ncc(Cl)c(Nc4cc(C)[nH]n4)n3)cc2C)CCN1. The lowest BCUT2D eigenvalue weighted by molar-refractivity contribution is 0.517. The van der Waals surface area contributed by atoms with E-state index >= 15 is 0 Å². The molecule has 1 aliphatic heterocycles. The highest BCUT2D eigenvalue weighted by Gasteiger charge is 2.20. The number of H-pyrrole nitrogens is 1. The Labute approximate surface area is 181 Å². The number of aryl methyl sites for hydroxylation is 3. The number of anilines is 4. The average molecular weight is 424 g/mol. The summed E-state index contributed by atoms with van der Waals surface area (Å²) >= 11 is 6.27. The molecule has 3 aromatic rings. The second-order valence-corrected chi connectivity index (χ2v) is 8.23. The molecule has 0 aliphatic carbocycles. The molecule has 4 N–H and O–H groups in total. The third kappa shape index (κ3) is 4.41. The standard InChI is InChI=1S/C22H26ClN7/c1-12-8-19(13(2)7-17(12)16-5-6-24-14(3)9-16)26-22-25-11-18(23)21(28-22)27-20-10-15(4)29-30-20/h7-8,10-11,16,24H,3,5-6,9H2,1-2,4H3,(H3,25,26,27,28,29,30). The van der Waals surface area contributed by atoms with Gasteiger partial charge in [-0.15, -0.1) is 0 Å². The molecule has 1 aromatic carbocycles. The van der Waals surface area contributed by atoms with Crippen molar-refractivity contribution >= 4 is 34.9 Å². The summed E-state index contributed by atoms with van der Waals surface area (Å²) in [6.45, 7) is 11.3. The molecule has 2 aromatic heterocycles. The lowest BCUT2D eigenvalue weighted by atomic mass is 9.85. The van der Waals surface area contributed by atoms with E-state index in [1.54, 1.807) is 6.20 Å². The normalized spacial score (nSPS) is 16.3. The summed E-state index contributed by atoms with van der Waals surface area (Å²) in [5.74, 6) is 2.13. The number of nitrogens with one attached hydrogen (secondary N) is 4. The second kappa shape index (κ2) is 8.36. The number of piperidine rings is 1. The molecule has 0 saturated carbocycles. The van der Waals surface area contributed by atoms with E-state index in [2.05, 4.69) is 68.7 Å². The number of aromatic amines is 1. The predicted octanol–water partition coefficient (Wildman–Crippen LogP) is 5.25. The van der Waals surface area contributed by atoms with Crippen molar-refractivity contribution in [3.05, 3.63) is 64.1 Å². The van der Waals surface area contributed by atoms with Crippen LogP contribution in [-0.4, -0.2) is 26.7 Å². The molecular formula is C22H26ClN7. The smallest absolute Gasteiger partial charge is 0.229 e. The van der Waals surface area contributed by atoms with Crippen LogP contribution in [-0.2, 0) is 0 Å². The molecule has 156 valence electrons. The van der Waals surface area contributed by atoms with E-state index in [9.17, 15) is 0 Å². The van der Waals surface area contributed by atoms with Crippen LogP contribution in [0.3, 0.4) is 0 Å². The van der Waals surface area contributed by atoms with Gasteiger partial charge in [-0.3, -0.25) is 5.10 Å². The lowest BCUT2D eigenvalue weighted by Crippen LogP contribution is -2.24. The van der Waals surface area contributed by atoms with Crippen LogP contribution in [0, 0.1) is 20.8 Å². The van der Waals surface area contributed by atoms with Crippen LogP contribution in [0.5, 0.6) is 0 Å². The van der Waals surface area contributed by atoms with Crippen molar-refractivity contribution in [1.29, 1.82) is 0 Å². The van der Waals surface area contributed by atoms with Gasteiger partial charge in [0.1, 0.15) is 5.02 Å². The van der Waals surface area contributed by atoms with E-state index in [1.807, 2.05) is 13.0 Å². The molecular weight excluding hydrogens is 398 g/mol. The maximum atomic E-state index is 6.27. The summed E-state index contributed by atoms with van der Waals surface area (Å²) in [5, 5.41) is 17.3. The molecule has 0 radical (unpaired) electrons. The molecule has 1 atom stereocenters. The molecule has 1 unspecified atom stereocenters. The molecule has 8 heteroatoms. The Bertz CT molecular complexity index is 1090. The number of halogens is 1. The summed E-state index contributed by atoms with van der Waals surface area (Å²) in [6.07, 6.45) is 3.68. The van der Waals surface area contributed by atoms with Gasteiger partial charge in [-0.1, -0.05) is 24.2 Å². The second-order valence-electron chi connectivity index (χ2n) is 7.82. The van der Waals surface area contributed by atoms with Crippen molar-refractivity contribution in [1.82, 2.24) is 25.5 Å². The minimum atomic E-state index is 0.426. The molecule has 30 heavy (non-hydrogen) atoms. The number of hydrogen-bond donors (Lipinski definition) is 4. The monoisotopic (exact) mass is 423 g/mol. The summed E-state index contributed by atoms with van der Waals surface area (Å²) in [6, 6.07) is 6.31. The topological polar surface area (TPSA) is 90.5 Å². The fraction of sp³-hybridized carbons (Fsp3) is 0.318. The Hall–Kier alpha value is -3.06. The van der Waals surface area contributed by atoms with Gasteiger partial charge in [0.2, 0.25) is 5.95 Å². The van der Waals surface area contributed by atoms with E-state index in [0.717, 1.165) is 42.0 Å². The van der Waals surface area contributed by atoms with Crippen LogP contribution < -0.4 is 16.0 Å².